The van der Waals surface area contributed by atoms with Gasteiger partial charge in [0.25, 0.3) is 0 Å². The number of nitrogens with two attached hydrogens (primary N) is 1. The van der Waals surface area contributed by atoms with Gasteiger partial charge in [-0.25, -0.2) is 5.84 Å². The number of aldehydes is 1. The van der Waals surface area contributed by atoms with E-state index < -0.39 is 0 Å². The van der Waals surface area contributed by atoms with Crippen LogP contribution >= 0.6 is 12.6 Å². The van der Waals surface area contributed by atoms with E-state index in [1.165, 1.54) is 0 Å². The number of carbonyl (C=O) groups is 1. The lowest BCUT2D eigenvalue weighted by atomic mass is 9.90. The van der Waals surface area contributed by atoms with Gasteiger partial charge in [0.1, 0.15) is 5.70 Å². The maximum atomic E-state index is 10.9. The van der Waals surface area contributed by atoms with E-state index in [0.717, 1.165) is 5.01 Å². The fourth-order valence-electron chi connectivity index (χ4n) is 1.11. The van der Waals surface area contributed by atoms with E-state index in [4.69, 9.17) is 5.84 Å². The Morgan fingerprint density at radius 3 is 2.57 bits per heavy atom. The molecule has 0 radical (unpaired) electrons. The number of nitrogens with zero attached hydrogens (tertiary/aromatic N) is 2. The first-order chi connectivity index (χ1) is 6.38. The Bertz CT molecular complexity index is 316. The highest BCUT2D eigenvalue weighted by Crippen LogP contribution is 2.27. The summed E-state index contributed by atoms with van der Waals surface area (Å²) in [5.74, 6) is 5.62. The summed E-state index contributed by atoms with van der Waals surface area (Å²) in [7, 11) is 0. The lowest BCUT2D eigenvalue weighted by molar-refractivity contribution is -0.106. The van der Waals surface area contributed by atoms with Crippen LogP contribution in [-0.2, 0) is 4.79 Å². The third-order valence-electron chi connectivity index (χ3n) is 1.86. The minimum absolute atomic E-state index is 0.216. The first-order valence-corrected chi connectivity index (χ1v) is 4.60. The van der Waals surface area contributed by atoms with Gasteiger partial charge in [-0.1, -0.05) is 20.8 Å². The Labute approximate surface area is 88.4 Å². The fourth-order valence-corrected chi connectivity index (χ4v) is 1.27. The summed E-state index contributed by atoms with van der Waals surface area (Å²) in [6, 6.07) is 0. The Morgan fingerprint density at radius 1 is 1.57 bits per heavy atom. The zero-order valence-electron chi connectivity index (χ0n) is 8.40. The van der Waals surface area contributed by atoms with E-state index in [1.54, 1.807) is 0 Å². The number of hydrazone groups is 1. The smallest absolute Gasteiger partial charge is 0.199 e. The van der Waals surface area contributed by atoms with E-state index in [1.807, 2.05) is 20.8 Å². The molecule has 1 aliphatic heterocycles. The highest BCUT2D eigenvalue weighted by molar-refractivity contribution is 7.96. The van der Waals surface area contributed by atoms with Crippen molar-refractivity contribution >= 4 is 24.1 Å². The number of allylic oxidation sites excluding steroid dienone is 2. The maximum absolute atomic E-state index is 10.9. The van der Waals surface area contributed by atoms with Gasteiger partial charge in [0, 0.05) is 5.41 Å². The number of amidine groups is 1. The zero-order valence-corrected chi connectivity index (χ0v) is 9.30. The molecule has 0 fully saturated rings. The largest absolute Gasteiger partial charge is 0.296 e. The van der Waals surface area contributed by atoms with Gasteiger partial charge in [-0.15, -0.1) is 17.7 Å². The molecular formula is C8H14N4OS. The molecule has 0 aromatic heterocycles. The predicted octanol–water partition coefficient (Wildman–Crippen LogP) is 0.423. The third kappa shape index (κ3) is 1.91. The molecule has 0 spiro atoms. The highest BCUT2D eigenvalue weighted by atomic mass is 32.1. The summed E-state index contributed by atoms with van der Waals surface area (Å²) in [5.41, 5.74) is 3.61. The summed E-state index contributed by atoms with van der Waals surface area (Å²) in [6.45, 7) is 5.89. The molecule has 0 aromatic rings. The summed E-state index contributed by atoms with van der Waals surface area (Å²) in [5, 5.41) is 5.30. The minimum Gasteiger partial charge on any atom is -0.296 e. The van der Waals surface area contributed by atoms with Crippen LogP contribution in [0.5, 0.6) is 0 Å². The van der Waals surface area contributed by atoms with Gasteiger partial charge >= 0.3 is 0 Å². The van der Waals surface area contributed by atoms with Crippen molar-refractivity contribution in [3.8, 4) is 0 Å². The molecule has 1 rings (SSSR count). The highest BCUT2D eigenvalue weighted by Gasteiger charge is 2.27. The number of hydrogen-bond acceptors (Lipinski definition) is 5. The Balaban J connectivity index is 3.15. The number of hydrazine groups is 1. The van der Waals surface area contributed by atoms with Crippen molar-refractivity contribution < 1.29 is 4.79 Å². The molecule has 0 unspecified atom stereocenters. The van der Waals surface area contributed by atoms with Crippen molar-refractivity contribution in [1.29, 1.82) is 0 Å². The molecule has 14 heavy (non-hydrogen) atoms. The van der Waals surface area contributed by atoms with E-state index in [2.05, 4.69) is 23.2 Å². The molecule has 0 saturated heterocycles. The van der Waals surface area contributed by atoms with Crippen molar-refractivity contribution in [1.82, 2.24) is 10.4 Å². The third-order valence-corrected chi connectivity index (χ3v) is 2.18. The van der Waals surface area contributed by atoms with Crippen LogP contribution < -0.4 is 11.3 Å². The van der Waals surface area contributed by atoms with Gasteiger partial charge in [0.2, 0.25) is 0 Å². The number of thiol groups is 1. The van der Waals surface area contributed by atoms with E-state index in [-0.39, 0.29) is 10.6 Å². The first-order valence-electron chi connectivity index (χ1n) is 4.15. The lowest BCUT2D eigenvalue weighted by Gasteiger charge is -2.31. The minimum atomic E-state index is -0.216. The van der Waals surface area contributed by atoms with Gasteiger partial charge in [-0.2, -0.15) is 0 Å². The van der Waals surface area contributed by atoms with Gasteiger partial charge in [0.15, 0.2) is 11.5 Å². The predicted molar refractivity (Wildman–Crippen MR) is 58.1 cm³/mol. The van der Waals surface area contributed by atoms with Gasteiger partial charge in [-0.3, -0.25) is 15.2 Å². The lowest BCUT2D eigenvalue weighted by Crippen LogP contribution is -2.43. The molecule has 0 saturated carbocycles. The Kier molecular flexibility index (Phi) is 2.86. The van der Waals surface area contributed by atoms with Crippen LogP contribution in [0.2, 0.25) is 0 Å². The van der Waals surface area contributed by atoms with E-state index >= 15 is 0 Å². The average Bonchev–Trinajstić information content (AvgIpc) is 2.07. The van der Waals surface area contributed by atoms with Crippen LogP contribution in [0.15, 0.2) is 16.5 Å². The topological polar surface area (TPSA) is 70.7 Å². The molecule has 0 bridgehead atoms. The second-order valence-electron chi connectivity index (χ2n) is 4.02. The van der Waals surface area contributed by atoms with Gasteiger partial charge in [-0.05, 0) is 0 Å². The van der Waals surface area contributed by atoms with Crippen LogP contribution in [0.3, 0.4) is 0 Å². The second kappa shape index (κ2) is 3.62. The van der Waals surface area contributed by atoms with Crippen LogP contribution in [0, 0.1) is 5.41 Å². The maximum Gasteiger partial charge on any atom is 0.199 e. The number of rotatable bonds is 1. The Hall–Kier alpha value is -1.01. The van der Waals surface area contributed by atoms with Crippen LogP contribution in [0.1, 0.15) is 20.8 Å². The number of carbonyl (C=O) groups excluding carboxylic acids is 1. The van der Waals surface area contributed by atoms with Crippen molar-refractivity contribution in [2.75, 3.05) is 0 Å². The van der Waals surface area contributed by atoms with Crippen LogP contribution in [-0.4, -0.2) is 16.5 Å². The van der Waals surface area contributed by atoms with E-state index in [9.17, 15) is 4.79 Å². The Morgan fingerprint density at radius 2 is 2.14 bits per heavy atom. The molecule has 0 aromatic carbocycles. The molecule has 6 heteroatoms. The second-order valence-corrected chi connectivity index (χ2v) is 4.42. The molecule has 5 nitrogen and oxygen atoms in total. The van der Waals surface area contributed by atoms with Crippen molar-refractivity contribution in [2.45, 2.75) is 20.8 Å². The molecular weight excluding hydrogens is 200 g/mol. The summed E-state index contributed by atoms with van der Waals surface area (Å²) in [4.78, 5) is 10.9. The standard InChI is InChI=1S/C8H14N4OS/c1-8(2,3)6-5(4-13)12(9)7(14)11-10-6/h4,10H,9H2,1-3H3,(H,11,14). The van der Waals surface area contributed by atoms with Gasteiger partial charge in [0.05, 0.1) is 5.70 Å². The molecule has 1 aliphatic rings. The molecule has 3 N–H and O–H groups in total. The monoisotopic (exact) mass is 214 g/mol. The first kappa shape index (κ1) is 11.1. The number of hydrogen-bond donors (Lipinski definition) is 3. The summed E-state index contributed by atoms with van der Waals surface area (Å²) in [6.07, 6.45) is 0.693. The number of nitrogens with one attached hydrogen (secondary N) is 1. The normalized spacial score (nSPS) is 17.8. The summed E-state index contributed by atoms with van der Waals surface area (Å²) < 4.78 is 0. The van der Waals surface area contributed by atoms with Crippen LogP contribution in [0.4, 0.5) is 0 Å². The van der Waals surface area contributed by atoms with Crippen molar-refractivity contribution in [3.63, 3.8) is 0 Å². The zero-order chi connectivity index (χ0) is 10.9. The molecule has 0 atom stereocenters. The van der Waals surface area contributed by atoms with Crippen LogP contribution in [0.25, 0.3) is 0 Å². The quantitative estimate of drug-likeness (QED) is 0.336. The average molecular weight is 214 g/mol. The van der Waals surface area contributed by atoms with Crippen molar-refractivity contribution in [2.24, 2.45) is 16.4 Å². The van der Waals surface area contributed by atoms with Gasteiger partial charge < -0.3 is 0 Å². The molecule has 0 amide bonds. The fraction of sp³-hybridized carbons (Fsp3) is 0.500. The molecule has 78 valence electrons. The summed E-state index contributed by atoms with van der Waals surface area (Å²) >= 11 is 4.00. The SMILES string of the molecule is CC(C)(C)C1=C(C=O)N(N)C(S)=NN1. The molecule has 1 heterocycles. The van der Waals surface area contributed by atoms with Crippen molar-refractivity contribution in [3.05, 3.63) is 11.4 Å². The van der Waals surface area contributed by atoms with E-state index in [0.29, 0.717) is 17.7 Å². The molecule has 0 aliphatic carbocycles.